The van der Waals surface area contributed by atoms with Crippen molar-refractivity contribution in [2.45, 2.75) is 36.3 Å². The van der Waals surface area contributed by atoms with Crippen LogP contribution in [0.2, 0.25) is 0 Å². The molecule has 0 unspecified atom stereocenters. The first kappa shape index (κ1) is 21.6. The highest BCUT2D eigenvalue weighted by molar-refractivity contribution is 5.47. The molecule has 0 amide bonds. The van der Waals surface area contributed by atoms with Crippen molar-refractivity contribution in [2.75, 3.05) is 6.61 Å². The third-order valence-corrected chi connectivity index (χ3v) is 5.69. The molecule has 0 aliphatic carbocycles. The van der Waals surface area contributed by atoms with Gasteiger partial charge in [-0.3, -0.25) is 0 Å². The fourth-order valence-electron chi connectivity index (χ4n) is 4.01. The molecule has 1 aliphatic heterocycles. The smallest absolute Gasteiger partial charge is 0.335 e. The molecule has 3 aromatic carbocycles. The lowest BCUT2D eigenvalue weighted by atomic mass is 9.80. The number of hydrogen-bond donors (Lipinski definition) is 4. The highest BCUT2D eigenvalue weighted by Gasteiger charge is 2.54. The average molecular weight is 422 g/mol. The van der Waals surface area contributed by atoms with Gasteiger partial charge >= 0.3 is 5.97 Å². The zero-order valence-corrected chi connectivity index (χ0v) is 17.0. The van der Waals surface area contributed by atoms with Gasteiger partial charge in [0, 0.05) is 6.42 Å². The van der Waals surface area contributed by atoms with E-state index < -0.39 is 23.5 Å². The zero-order chi connectivity index (χ0) is 22.0. The van der Waals surface area contributed by atoms with Crippen LogP contribution in [0.15, 0.2) is 91.0 Å². The van der Waals surface area contributed by atoms with Crippen LogP contribution in [-0.4, -0.2) is 44.9 Å². The fourth-order valence-corrected chi connectivity index (χ4v) is 4.01. The minimum absolute atomic E-state index is 0.00235. The maximum Gasteiger partial charge on any atom is 0.335 e. The van der Waals surface area contributed by atoms with Crippen molar-refractivity contribution in [3.05, 3.63) is 108 Å². The predicted molar refractivity (Wildman–Crippen MR) is 114 cm³/mol. The van der Waals surface area contributed by atoms with E-state index in [4.69, 9.17) is 9.47 Å². The number of hydrogen-bond acceptors (Lipinski definition) is 6. The van der Waals surface area contributed by atoms with Crippen LogP contribution in [0, 0.1) is 0 Å². The lowest BCUT2D eigenvalue weighted by Gasteiger charge is -2.43. The number of ether oxygens (including phenoxy) is 2. The van der Waals surface area contributed by atoms with Crippen molar-refractivity contribution in [1.82, 2.24) is 0 Å². The van der Waals surface area contributed by atoms with Gasteiger partial charge in [0.05, 0.1) is 12.7 Å². The summed E-state index contributed by atoms with van der Waals surface area (Å²) in [6, 6.07) is 29.3. The van der Waals surface area contributed by atoms with Gasteiger partial charge in [-0.05, 0) is 23.1 Å². The Morgan fingerprint density at radius 2 is 1.16 bits per heavy atom. The van der Waals surface area contributed by atoms with Crippen LogP contribution in [0.25, 0.3) is 0 Å². The summed E-state index contributed by atoms with van der Waals surface area (Å²) in [7, 11) is 0. The quantitative estimate of drug-likeness (QED) is 0.360. The summed E-state index contributed by atoms with van der Waals surface area (Å²) in [6.07, 6.45) is -0.828. The molecule has 0 saturated carbocycles. The van der Waals surface area contributed by atoms with Crippen molar-refractivity contribution in [3.63, 3.8) is 0 Å². The lowest BCUT2D eigenvalue weighted by Crippen LogP contribution is -2.61. The van der Waals surface area contributed by atoms with Gasteiger partial charge in [0.15, 0.2) is 0 Å². The molecule has 1 aliphatic rings. The maximum absolute atomic E-state index is 9.93. The van der Waals surface area contributed by atoms with Gasteiger partial charge in [-0.25, -0.2) is 0 Å². The molecule has 31 heavy (non-hydrogen) atoms. The summed E-state index contributed by atoms with van der Waals surface area (Å²) in [5, 5.41) is 39.4. The van der Waals surface area contributed by atoms with Crippen LogP contribution in [0.3, 0.4) is 0 Å². The highest BCUT2D eigenvalue weighted by atomic mass is 16.8. The number of benzene rings is 3. The van der Waals surface area contributed by atoms with Crippen LogP contribution in [0.5, 0.6) is 0 Å². The van der Waals surface area contributed by atoms with E-state index in [0.29, 0.717) is 0 Å². The standard InChI is InChI=1S/C25H26O6/c26-23(27)17-16-22(31-25(23,28)29)18-30-24(19-10-4-1-5-11-19,20-12-6-2-7-13-20)21-14-8-3-9-15-21/h1-15,22,26-29H,16-18H2/t22-/m1/s1. The highest BCUT2D eigenvalue weighted by Crippen LogP contribution is 2.41. The van der Waals surface area contributed by atoms with Crippen LogP contribution >= 0.6 is 0 Å². The van der Waals surface area contributed by atoms with Crippen molar-refractivity contribution >= 4 is 0 Å². The van der Waals surface area contributed by atoms with E-state index in [1.807, 2.05) is 91.0 Å². The summed E-state index contributed by atoms with van der Waals surface area (Å²) in [5.74, 6) is -5.81. The fraction of sp³-hybridized carbons (Fsp3) is 0.280. The van der Waals surface area contributed by atoms with E-state index in [-0.39, 0.29) is 19.4 Å². The Kier molecular flexibility index (Phi) is 5.94. The topological polar surface area (TPSA) is 99.4 Å². The van der Waals surface area contributed by atoms with Crippen LogP contribution in [0.4, 0.5) is 0 Å². The molecule has 1 saturated heterocycles. The van der Waals surface area contributed by atoms with Gasteiger partial charge in [-0.2, -0.15) is 0 Å². The summed E-state index contributed by atoms with van der Waals surface area (Å²) >= 11 is 0. The van der Waals surface area contributed by atoms with Crippen LogP contribution in [0.1, 0.15) is 29.5 Å². The second-order valence-corrected chi connectivity index (χ2v) is 7.79. The summed E-state index contributed by atoms with van der Waals surface area (Å²) in [5.41, 5.74) is 1.73. The van der Waals surface area contributed by atoms with Gasteiger partial charge in [0.2, 0.25) is 5.79 Å². The normalized spacial score (nSPS) is 20.3. The molecule has 4 N–H and O–H groups in total. The van der Waals surface area contributed by atoms with Crippen LogP contribution < -0.4 is 0 Å². The molecule has 0 aromatic heterocycles. The van der Waals surface area contributed by atoms with Gasteiger partial charge in [0.1, 0.15) is 5.60 Å². The molecule has 6 heteroatoms. The molecule has 0 spiro atoms. The molecule has 4 rings (SSSR count). The first-order valence-electron chi connectivity index (χ1n) is 10.2. The van der Waals surface area contributed by atoms with Gasteiger partial charge < -0.3 is 29.9 Å². The van der Waals surface area contributed by atoms with E-state index in [9.17, 15) is 20.4 Å². The molecule has 162 valence electrons. The van der Waals surface area contributed by atoms with E-state index in [1.54, 1.807) is 0 Å². The largest absolute Gasteiger partial charge is 0.359 e. The zero-order valence-electron chi connectivity index (χ0n) is 17.0. The summed E-state index contributed by atoms with van der Waals surface area (Å²) in [6.45, 7) is -0.00235. The monoisotopic (exact) mass is 422 g/mol. The summed E-state index contributed by atoms with van der Waals surface area (Å²) < 4.78 is 11.8. The van der Waals surface area contributed by atoms with Crippen molar-refractivity contribution < 1.29 is 29.9 Å². The van der Waals surface area contributed by atoms with Crippen molar-refractivity contribution in [3.8, 4) is 0 Å². The molecule has 1 heterocycles. The maximum atomic E-state index is 9.93. The molecule has 6 nitrogen and oxygen atoms in total. The van der Waals surface area contributed by atoms with Crippen LogP contribution in [-0.2, 0) is 15.1 Å². The molecule has 0 radical (unpaired) electrons. The Bertz CT molecular complexity index is 876. The van der Waals surface area contributed by atoms with Gasteiger partial charge in [-0.15, -0.1) is 0 Å². The molecular formula is C25H26O6. The lowest BCUT2D eigenvalue weighted by molar-refractivity contribution is -0.487. The average Bonchev–Trinajstić information content (AvgIpc) is 2.79. The third-order valence-electron chi connectivity index (χ3n) is 5.69. The Balaban J connectivity index is 1.75. The minimum Gasteiger partial charge on any atom is -0.359 e. The molecule has 3 aromatic rings. The SMILES string of the molecule is OC1(O)CC[C@H](COC(c2ccccc2)(c2ccccc2)c2ccccc2)OC1(O)O. The molecular weight excluding hydrogens is 396 g/mol. The summed E-state index contributed by atoms with van der Waals surface area (Å²) in [4.78, 5) is 0. The predicted octanol–water partition coefficient (Wildman–Crippen LogP) is 2.49. The van der Waals surface area contributed by atoms with E-state index in [2.05, 4.69) is 0 Å². The molecule has 0 bridgehead atoms. The van der Waals surface area contributed by atoms with Gasteiger partial charge in [-0.1, -0.05) is 91.0 Å². The van der Waals surface area contributed by atoms with E-state index in [1.165, 1.54) is 0 Å². The Morgan fingerprint density at radius 3 is 1.55 bits per heavy atom. The third kappa shape index (κ3) is 4.14. The number of aliphatic hydroxyl groups is 4. The second-order valence-electron chi connectivity index (χ2n) is 7.79. The van der Waals surface area contributed by atoms with Crippen molar-refractivity contribution in [2.24, 2.45) is 0 Å². The Hall–Kier alpha value is -2.58. The number of rotatable bonds is 6. The first-order valence-corrected chi connectivity index (χ1v) is 10.2. The van der Waals surface area contributed by atoms with Crippen molar-refractivity contribution in [1.29, 1.82) is 0 Å². The van der Waals surface area contributed by atoms with E-state index in [0.717, 1.165) is 16.7 Å². The minimum atomic E-state index is -3.08. The van der Waals surface area contributed by atoms with E-state index >= 15 is 0 Å². The molecule has 1 atom stereocenters. The Morgan fingerprint density at radius 1 is 0.742 bits per heavy atom. The Labute approximate surface area is 180 Å². The first-order chi connectivity index (χ1) is 14.9. The van der Waals surface area contributed by atoms with Gasteiger partial charge in [0.25, 0.3) is 0 Å². The second kappa shape index (κ2) is 8.51. The molecule has 1 fully saturated rings.